The summed E-state index contributed by atoms with van der Waals surface area (Å²) in [5.74, 6) is 0.708. The fourth-order valence-corrected chi connectivity index (χ4v) is 3.78. The van der Waals surface area contributed by atoms with Crippen molar-refractivity contribution in [3.8, 4) is 0 Å². The molecule has 1 aliphatic carbocycles. The zero-order chi connectivity index (χ0) is 16.6. The number of ether oxygens (including phenoxy) is 1. The summed E-state index contributed by atoms with van der Waals surface area (Å²) in [4.78, 5) is 11.4. The molecule has 0 amide bonds. The Morgan fingerprint density at radius 3 is 2.96 bits per heavy atom. The van der Waals surface area contributed by atoms with Crippen LogP contribution in [0.1, 0.15) is 41.8 Å². The highest BCUT2D eigenvalue weighted by Crippen LogP contribution is 2.40. The van der Waals surface area contributed by atoms with Gasteiger partial charge >= 0.3 is 0 Å². The second-order valence-electron chi connectivity index (χ2n) is 7.07. The van der Waals surface area contributed by atoms with Gasteiger partial charge in [-0.3, -0.25) is 9.88 Å². The summed E-state index contributed by atoms with van der Waals surface area (Å²) < 4.78 is 8.34. The number of hydrogen-bond donors (Lipinski definition) is 0. The molecule has 1 saturated heterocycles. The highest BCUT2D eigenvalue weighted by atomic mass is 16.5. The highest BCUT2D eigenvalue weighted by Gasteiger charge is 2.29. The van der Waals surface area contributed by atoms with Crippen LogP contribution in [0.15, 0.2) is 49.1 Å². The summed E-state index contributed by atoms with van der Waals surface area (Å²) in [6, 6.07) is 10.7. The van der Waals surface area contributed by atoms with Gasteiger partial charge in [0.05, 0.1) is 24.1 Å². The van der Waals surface area contributed by atoms with E-state index in [-0.39, 0.29) is 6.10 Å². The molecule has 0 N–H and O–H groups in total. The molecule has 0 bridgehead atoms. The quantitative estimate of drug-likeness (QED) is 0.735. The zero-order valence-corrected chi connectivity index (χ0v) is 14.2. The summed E-state index contributed by atoms with van der Waals surface area (Å²) >= 11 is 0. The molecule has 5 heteroatoms. The number of imidazole rings is 1. The maximum Gasteiger partial charge on any atom is 0.114 e. The molecule has 1 saturated carbocycles. The van der Waals surface area contributed by atoms with Gasteiger partial charge in [-0.2, -0.15) is 0 Å². The number of rotatable bonds is 4. The van der Waals surface area contributed by atoms with Gasteiger partial charge in [0.25, 0.3) is 0 Å². The van der Waals surface area contributed by atoms with E-state index in [9.17, 15) is 0 Å². The minimum Gasteiger partial charge on any atom is -0.369 e. The molecule has 1 aliphatic heterocycles. The van der Waals surface area contributed by atoms with E-state index in [1.807, 2.05) is 24.8 Å². The molecule has 25 heavy (non-hydrogen) atoms. The zero-order valence-electron chi connectivity index (χ0n) is 14.2. The van der Waals surface area contributed by atoms with Crippen LogP contribution in [0.5, 0.6) is 0 Å². The lowest BCUT2D eigenvalue weighted by Gasteiger charge is -2.32. The molecular weight excluding hydrogens is 312 g/mol. The van der Waals surface area contributed by atoms with Crippen molar-refractivity contribution >= 4 is 5.52 Å². The standard InChI is InChI=1S/C20H22N4O/c1-4-17(16-6-7-16)24-14-22-20(18(24)5-1)19-13-23(9-10-25-19)12-15-3-2-8-21-11-15/h1-5,8,11,14,16,19H,6-7,9-10,12-13H2/t19-/m0/s1. The van der Waals surface area contributed by atoms with Crippen LogP contribution in [0.2, 0.25) is 0 Å². The third kappa shape index (κ3) is 2.94. The van der Waals surface area contributed by atoms with E-state index in [0.717, 1.165) is 31.9 Å². The molecule has 0 radical (unpaired) electrons. The number of aromatic nitrogens is 3. The lowest BCUT2D eigenvalue weighted by Crippen LogP contribution is -2.38. The van der Waals surface area contributed by atoms with Crippen molar-refractivity contribution in [2.24, 2.45) is 0 Å². The van der Waals surface area contributed by atoms with Crippen molar-refractivity contribution < 1.29 is 4.74 Å². The van der Waals surface area contributed by atoms with E-state index in [0.29, 0.717) is 5.92 Å². The topological polar surface area (TPSA) is 42.7 Å². The summed E-state index contributed by atoms with van der Waals surface area (Å²) in [5.41, 5.74) is 4.89. The van der Waals surface area contributed by atoms with Crippen molar-refractivity contribution in [3.63, 3.8) is 0 Å². The predicted molar refractivity (Wildman–Crippen MR) is 95.4 cm³/mol. The third-order valence-electron chi connectivity index (χ3n) is 5.21. The predicted octanol–water partition coefficient (Wildman–Crippen LogP) is 3.18. The number of hydrogen-bond acceptors (Lipinski definition) is 4. The van der Waals surface area contributed by atoms with Gasteiger partial charge in [-0.25, -0.2) is 4.98 Å². The first-order valence-electron chi connectivity index (χ1n) is 9.07. The third-order valence-corrected chi connectivity index (χ3v) is 5.21. The number of pyridine rings is 2. The molecule has 1 atom stereocenters. The second kappa shape index (κ2) is 6.24. The van der Waals surface area contributed by atoms with Gasteiger partial charge in [0.15, 0.2) is 0 Å². The van der Waals surface area contributed by atoms with Gasteiger partial charge in [-0.1, -0.05) is 12.1 Å². The van der Waals surface area contributed by atoms with Gasteiger partial charge in [0, 0.05) is 37.7 Å². The average molecular weight is 334 g/mol. The minimum atomic E-state index is 0.0323. The van der Waals surface area contributed by atoms with Gasteiger partial charge in [0.2, 0.25) is 0 Å². The van der Waals surface area contributed by atoms with Crippen LogP contribution < -0.4 is 0 Å². The summed E-state index contributed by atoms with van der Waals surface area (Å²) in [6.45, 7) is 3.47. The monoisotopic (exact) mass is 334 g/mol. The van der Waals surface area contributed by atoms with Crippen LogP contribution >= 0.6 is 0 Å². The molecule has 3 aromatic heterocycles. The largest absolute Gasteiger partial charge is 0.369 e. The Morgan fingerprint density at radius 1 is 1.16 bits per heavy atom. The lowest BCUT2D eigenvalue weighted by atomic mass is 10.1. The summed E-state index contributed by atoms with van der Waals surface area (Å²) in [7, 11) is 0. The number of nitrogens with zero attached hydrogens (tertiary/aromatic N) is 4. The Bertz CT molecular complexity index is 872. The van der Waals surface area contributed by atoms with Crippen molar-refractivity contribution in [1.29, 1.82) is 0 Å². The molecule has 0 aromatic carbocycles. The molecule has 0 spiro atoms. The van der Waals surface area contributed by atoms with E-state index < -0.39 is 0 Å². The van der Waals surface area contributed by atoms with Crippen LogP contribution in [0, 0.1) is 0 Å². The molecule has 0 unspecified atom stereocenters. The SMILES string of the molecule is c1cncc(CN2CCO[C@H](c3ncn4c(C5CC5)cccc34)C2)c1. The average Bonchev–Trinajstić information content (AvgIpc) is 3.41. The first-order valence-corrected chi connectivity index (χ1v) is 9.07. The van der Waals surface area contributed by atoms with Crippen molar-refractivity contribution in [3.05, 3.63) is 66.0 Å². The molecule has 2 fully saturated rings. The number of fused-ring (bicyclic) bond motifs is 1. The Labute approximate surface area is 147 Å². The summed E-state index contributed by atoms with van der Waals surface area (Å²) in [5, 5.41) is 0. The van der Waals surface area contributed by atoms with Crippen molar-refractivity contribution in [2.75, 3.05) is 19.7 Å². The Kier molecular flexibility index (Phi) is 3.76. The smallest absolute Gasteiger partial charge is 0.114 e. The van der Waals surface area contributed by atoms with Crippen LogP contribution in [0.25, 0.3) is 5.52 Å². The van der Waals surface area contributed by atoms with E-state index >= 15 is 0 Å². The second-order valence-corrected chi connectivity index (χ2v) is 7.07. The van der Waals surface area contributed by atoms with E-state index in [1.54, 1.807) is 0 Å². The molecule has 5 rings (SSSR count). The summed E-state index contributed by atoms with van der Waals surface area (Å²) in [6.07, 6.45) is 8.36. The van der Waals surface area contributed by atoms with Crippen LogP contribution in [-0.2, 0) is 11.3 Å². The Morgan fingerprint density at radius 2 is 2.12 bits per heavy atom. The van der Waals surface area contributed by atoms with Gasteiger partial charge in [-0.05, 0) is 42.5 Å². The van der Waals surface area contributed by atoms with Gasteiger partial charge in [0.1, 0.15) is 6.10 Å². The lowest BCUT2D eigenvalue weighted by molar-refractivity contribution is -0.0341. The van der Waals surface area contributed by atoms with Crippen molar-refractivity contribution in [2.45, 2.75) is 31.4 Å². The first kappa shape index (κ1) is 15.0. The fourth-order valence-electron chi connectivity index (χ4n) is 3.78. The van der Waals surface area contributed by atoms with Crippen LogP contribution in [-0.4, -0.2) is 39.0 Å². The molecule has 3 aromatic rings. The fraction of sp³-hybridized carbons (Fsp3) is 0.400. The molecule has 4 heterocycles. The maximum absolute atomic E-state index is 6.08. The van der Waals surface area contributed by atoms with Crippen LogP contribution in [0.3, 0.4) is 0 Å². The van der Waals surface area contributed by atoms with Gasteiger partial charge < -0.3 is 9.14 Å². The van der Waals surface area contributed by atoms with E-state index in [1.165, 1.54) is 29.6 Å². The molecule has 128 valence electrons. The Balaban J connectivity index is 1.39. The molecule has 2 aliphatic rings. The van der Waals surface area contributed by atoms with Gasteiger partial charge in [-0.15, -0.1) is 0 Å². The normalized spacial score (nSPS) is 21.7. The molecule has 5 nitrogen and oxygen atoms in total. The highest BCUT2D eigenvalue weighted by molar-refractivity contribution is 5.54. The van der Waals surface area contributed by atoms with Crippen molar-refractivity contribution in [1.82, 2.24) is 19.3 Å². The van der Waals surface area contributed by atoms with E-state index in [4.69, 9.17) is 9.72 Å². The number of morpholine rings is 1. The van der Waals surface area contributed by atoms with E-state index in [2.05, 4.69) is 38.6 Å². The molecular formula is C20H22N4O. The first-order chi connectivity index (χ1) is 12.4. The maximum atomic E-state index is 6.08. The Hall–Kier alpha value is -2.24. The van der Waals surface area contributed by atoms with Crippen LogP contribution in [0.4, 0.5) is 0 Å². The minimum absolute atomic E-state index is 0.0323.